The lowest BCUT2D eigenvalue weighted by Gasteiger charge is -2.22. The van der Waals surface area contributed by atoms with Crippen molar-refractivity contribution in [3.63, 3.8) is 0 Å². The number of Topliss-reactive ketones (excluding diaryl/α,β-unsaturated/α-hetero) is 1. The highest BCUT2D eigenvalue weighted by molar-refractivity contribution is 9.12. The number of carbonyl (C=O) groups excluding carboxylic acids is 3. The summed E-state index contributed by atoms with van der Waals surface area (Å²) in [6.45, 7) is 0. The van der Waals surface area contributed by atoms with Crippen LogP contribution in [-0.4, -0.2) is 29.9 Å². The first kappa shape index (κ1) is 22.3. The Morgan fingerprint density at radius 1 is 1.13 bits per heavy atom. The molecule has 0 aromatic heterocycles. The first-order valence-corrected chi connectivity index (χ1v) is 12.2. The molecular weight excluding hydrogens is 460 g/mol. The van der Waals surface area contributed by atoms with E-state index in [0.29, 0.717) is 35.2 Å². The number of rotatable bonds is 7. The van der Waals surface area contributed by atoms with E-state index in [2.05, 4.69) is 15.9 Å². The Balaban J connectivity index is 1.43. The van der Waals surface area contributed by atoms with Crippen molar-refractivity contribution >= 4 is 33.7 Å². The summed E-state index contributed by atoms with van der Waals surface area (Å²) in [5.74, 6) is -0.186. The first-order chi connectivity index (χ1) is 15.0. The molecule has 4 atom stereocenters. The molecule has 3 aliphatic rings. The predicted octanol–water partition coefficient (Wildman–Crippen LogP) is 5.37. The van der Waals surface area contributed by atoms with Gasteiger partial charge in [-0.1, -0.05) is 56.4 Å². The van der Waals surface area contributed by atoms with E-state index in [1.165, 1.54) is 32.1 Å². The Morgan fingerprint density at radius 3 is 2.61 bits per heavy atom. The summed E-state index contributed by atoms with van der Waals surface area (Å²) < 4.78 is 11.8. The Labute approximate surface area is 191 Å². The van der Waals surface area contributed by atoms with Gasteiger partial charge in [0.25, 0.3) is 0 Å². The van der Waals surface area contributed by atoms with Gasteiger partial charge in [-0.05, 0) is 40.4 Å². The second-order valence-electron chi connectivity index (χ2n) is 9.00. The molecule has 0 N–H and O–H groups in total. The van der Waals surface area contributed by atoms with Crippen LogP contribution in [0.3, 0.4) is 0 Å². The third-order valence-corrected chi connectivity index (χ3v) is 7.64. The highest BCUT2D eigenvalue weighted by atomic mass is 79.9. The van der Waals surface area contributed by atoms with Gasteiger partial charge in [-0.3, -0.25) is 9.59 Å². The molecule has 2 saturated carbocycles. The molecule has 0 spiro atoms. The smallest absolute Gasteiger partial charge is 0.338 e. The van der Waals surface area contributed by atoms with Gasteiger partial charge in [-0.2, -0.15) is 0 Å². The lowest BCUT2D eigenvalue weighted by Crippen LogP contribution is -2.25. The topological polar surface area (TPSA) is 69.7 Å². The van der Waals surface area contributed by atoms with Crippen LogP contribution in [0.1, 0.15) is 68.1 Å². The molecule has 1 saturated heterocycles. The van der Waals surface area contributed by atoms with Crippen LogP contribution in [-0.2, 0) is 19.1 Å². The van der Waals surface area contributed by atoms with E-state index in [1.54, 1.807) is 24.3 Å². The fraction of sp³-hybridized carbons (Fsp3) is 0.560. The molecule has 1 aromatic rings. The van der Waals surface area contributed by atoms with E-state index in [4.69, 9.17) is 9.47 Å². The van der Waals surface area contributed by atoms with Crippen LogP contribution in [0, 0.1) is 17.8 Å². The van der Waals surface area contributed by atoms with Crippen LogP contribution in [0.25, 0.3) is 0 Å². The van der Waals surface area contributed by atoms with Crippen LogP contribution in [0.4, 0.5) is 0 Å². The zero-order chi connectivity index (χ0) is 21.8. The van der Waals surface area contributed by atoms with Gasteiger partial charge in [0.1, 0.15) is 12.2 Å². The third-order valence-electron chi connectivity index (χ3n) is 6.93. The van der Waals surface area contributed by atoms with Crippen LogP contribution < -0.4 is 0 Å². The molecule has 31 heavy (non-hydrogen) atoms. The van der Waals surface area contributed by atoms with Crippen molar-refractivity contribution < 1.29 is 23.9 Å². The van der Waals surface area contributed by atoms with Gasteiger partial charge in [0.05, 0.1) is 16.5 Å². The average Bonchev–Trinajstić information content (AvgIpc) is 3.29. The second-order valence-corrected chi connectivity index (χ2v) is 9.85. The predicted molar refractivity (Wildman–Crippen MR) is 120 cm³/mol. The molecule has 0 radical (unpaired) electrons. The average molecular weight is 489 g/mol. The Kier molecular flexibility index (Phi) is 7.26. The lowest BCUT2D eigenvalue weighted by atomic mass is 9.85. The van der Waals surface area contributed by atoms with E-state index in [1.807, 2.05) is 12.1 Å². The van der Waals surface area contributed by atoms with E-state index in [0.717, 1.165) is 6.42 Å². The fourth-order valence-corrected chi connectivity index (χ4v) is 5.73. The van der Waals surface area contributed by atoms with Gasteiger partial charge in [0.2, 0.25) is 0 Å². The van der Waals surface area contributed by atoms with E-state index in [9.17, 15) is 14.4 Å². The number of esters is 2. The standard InChI is InChI=1S/C25H29BrO5/c26-20(21(27)12-11-16-7-3-1-4-8-16)13-18-19-14-24(28)30-22(19)15-23(18)31-25(29)17-9-5-2-6-10-17/h2,5-6,9-10,13,16,18-19,22-23H,1,3-4,7-8,11-12,14-15H2/t18-,19-,22+,23-/m1/s1. The van der Waals surface area contributed by atoms with Crippen molar-refractivity contribution in [1.82, 2.24) is 0 Å². The number of fused-ring (bicyclic) bond motifs is 1. The summed E-state index contributed by atoms with van der Waals surface area (Å²) in [6, 6.07) is 8.86. The fourth-order valence-electron chi connectivity index (χ4n) is 5.23. The number of hydrogen-bond donors (Lipinski definition) is 0. The molecule has 3 fully saturated rings. The monoisotopic (exact) mass is 488 g/mol. The number of benzene rings is 1. The number of allylic oxidation sites excluding steroid dienone is 1. The van der Waals surface area contributed by atoms with Gasteiger partial charge in [0.15, 0.2) is 5.78 Å². The normalized spacial score (nSPS) is 28.8. The Bertz CT molecular complexity index is 843. The molecule has 2 aliphatic carbocycles. The minimum absolute atomic E-state index is 0.0697. The summed E-state index contributed by atoms with van der Waals surface area (Å²) in [7, 11) is 0. The van der Waals surface area contributed by atoms with Crippen LogP contribution >= 0.6 is 15.9 Å². The maximum absolute atomic E-state index is 12.8. The Morgan fingerprint density at radius 2 is 1.87 bits per heavy atom. The maximum atomic E-state index is 12.8. The molecular formula is C25H29BrO5. The van der Waals surface area contributed by atoms with Crippen molar-refractivity contribution in [3.8, 4) is 0 Å². The molecule has 5 nitrogen and oxygen atoms in total. The minimum Gasteiger partial charge on any atom is -0.462 e. The number of ketones is 1. The zero-order valence-electron chi connectivity index (χ0n) is 17.6. The van der Waals surface area contributed by atoms with E-state index in [-0.39, 0.29) is 29.7 Å². The van der Waals surface area contributed by atoms with Crippen molar-refractivity contribution in [2.45, 2.75) is 70.0 Å². The SMILES string of the molecule is O=C1C[C@@H]2[C@@H](C=C(Br)C(=O)CCC3CCCCC3)[C@H](OC(=O)c3ccccc3)C[C@@H]2O1. The lowest BCUT2D eigenvalue weighted by molar-refractivity contribution is -0.141. The summed E-state index contributed by atoms with van der Waals surface area (Å²) in [4.78, 5) is 37.2. The maximum Gasteiger partial charge on any atom is 0.338 e. The van der Waals surface area contributed by atoms with E-state index >= 15 is 0 Å². The third kappa shape index (κ3) is 5.46. The molecule has 4 rings (SSSR count). The van der Waals surface area contributed by atoms with Crippen LogP contribution in [0.15, 0.2) is 40.9 Å². The number of halogens is 1. The van der Waals surface area contributed by atoms with Gasteiger partial charge in [-0.15, -0.1) is 0 Å². The molecule has 0 bridgehead atoms. The van der Waals surface area contributed by atoms with Gasteiger partial charge in [0, 0.05) is 24.7 Å². The summed E-state index contributed by atoms with van der Waals surface area (Å²) in [5, 5.41) is 0. The zero-order valence-corrected chi connectivity index (χ0v) is 19.2. The summed E-state index contributed by atoms with van der Waals surface area (Å²) >= 11 is 3.47. The van der Waals surface area contributed by atoms with Gasteiger partial charge in [-0.25, -0.2) is 4.79 Å². The molecule has 166 valence electrons. The van der Waals surface area contributed by atoms with Crippen molar-refractivity contribution in [1.29, 1.82) is 0 Å². The quantitative estimate of drug-likeness (QED) is 0.381. The van der Waals surface area contributed by atoms with Crippen molar-refractivity contribution in [3.05, 3.63) is 46.5 Å². The van der Waals surface area contributed by atoms with Crippen molar-refractivity contribution in [2.24, 2.45) is 17.8 Å². The van der Waals surface area contributed by atoms with E-state index < -0.39 is 12.1 Å². The van der Waals surface area contributed by atoms with Crippen LogP contribution in [0.5, 0.6) is 0 Å². The van der Waals surface area contributed by atoms with Crippen LogP contribution in [0.2, 0.25) is 0 Å². The largest absolute Gasteiger partial charge is 0.462 e. The number of hydrogen-bond acceptors (Lipinski definition) is 5. The first-order valence-electron chi connectivity index (χ1n) is 11.4. The minimum atomic E-state index is -0.422. The van der Waals surface area contributed by atoms with Gasteiger partial charge >= 0.3 is 11.9 Å². The van der Waals surface area contributed by atoms with Gasteiger partial charge < -0.3 is 9.47 Å². The summed E-state index contributed by atoms with van der Waals surface area (Å²) in [6.07, 6.45) is 9.66. The second kappa shape index (κ2) is 10.1. The summed E-state index contributed by atoms with van der Waals surface area (Å²) in [5.41, 5.74) is 0.488. The molecule has 1 heterocycles. The molecule has 1 aromatic carbocycles. The Hall–Kier alpha value is -1.95. The highest BCUT2D eigenvalue weighted by Crippen LogP contribution is 2.44. The molecule has 6 heteroatoms. The van der Waals surface area contributed by atoms with Crippen molar-refractivity contribution in [2.75, 3.05) is 0 Å². The number of carbonyl (C=O) groups is 3. The highest BCUT2D eigenvalue weighted by Gasteiger charge is 2.51. The molecule has 0 amide bonds. The number of ether oxygens (including phenoxy) is 2. The molecule has 1 aliphatic heterocycles. The molecule has 0 unspecified atom stereocenters.